The molecule has 16 heavy (non-hydrogen) atoms. The third-order valence-electron chi connectivity index (χ3n) is 3.31. The highest BCUT2D eigenvalue weighted by Crippen LogP contribution is 2.30. The topological polar surface area (TPSA) is 84.5 Å². The molecule has 0 fully saturated rings. The normalized spacial score (nSPS) is 21.4. The Bertz CT molecular complexity index is 332. The van der Waals surface area contributed by atoms with Crippen molar-refractivity contribution in [1.82, 2.24) is 5.32 Å². The number of nitrogens with one attached hydrogen (secondary N) is 1. The van der Waals surface area contributed by atoms with E-state index in [0.29, 0.717) is 25.1 Å². The smallest absolute Gasteiger partial charge is 0.263 e. The van der Waals surface area contributed by atoms with Crippen molar-refractivity contribution in [2.45, 2.75) is 46.1 Å². The maximum Gasteiger partial charge on any atom is 0.263 e. The van der Waals surface area contributed by atoms with E-state index in [0.717, 1.165) is 0 Å². The van der Waals surface area contributed by atoms with Crippen molar-refractivity contribution in [2.75, 3.05) is 0 Å². The van der Waals surface area contributed by atoms with E-state index < -0.39 is 5.41 Å². The van der Waals surface area contributed by atoms with Crippen LogP contribution in [-0.2, 0) is 9.59 Å². The predicted octanol–water partition coefficient (Wildman–Crippen LogP) is 0.585. The molecule has 2 amide bonds. The molecule has 0 spiro atoms. The number of carbonyl (C=O) groups is 2. The number of nitrogens with two attached hydrogens (primary N) is 1. The first kappa shape index (κ1) is 12.8. The molecule has 0 aromatic rings. The minimum Gasteiger partial charge on any atom is -0.321 e. The largest absolute Gasteiger partial charge is 0.321 e. The molecule has 0 bridgehead atoms. The van der Waals surface area contributed by atoms with Crippen molar-refractivity contribution < 1.29 is 9.59 Å². The minimum absolute atomic E-state index is 0.267. The van der Waals surface area contributed by atoms with E-state index in [9.17, 15) is 9.59 Å². The van der Waals surface area contributed by atoms with Crippen LogP contribution in [0.1, 0.15) is 40.0 Å². The van der Waals surface area contributed by atoms with E-state index in [-0.39, 0.29) is 17.9 Å². The number of amides is 2. The average molecular weight is 225 g/mol. The second kappa shape index (κ2) is 4.74. The highest BCUT2D eigenvalue weighted by molar-refractivity contribution is 6.19. The fourth-order valence-electron chi connectivity index (χ4n) is 1.82. The van der Waals surface area contributed by atoms with Crippen molar-refractivity contribution in [3.05, 3.63) is 0 Å². The van der Waals surface area contributed by atoms with E-state index in [1.54, 1.807) is 0 Å². The Morgan fingerprint density at radius 1 is 1.31 bits per heavy atom. The number of hydrogen-bond acceptors (Lipinski definition) is 3. The van der Waals surface area contributed by atoms with Crippen molar-refractivity contribution in [3.63, 3.8) is 0 Å². The van der Waals surface area contributed by atoms with E-state index in [1.807, 2.05) is 20.8 Å². The van der Waals surface area contributed by atoms with Crippen LogP contribution in [0.15, 0.2) is 4.99 Å². The Balaban J connectivity index is 3.06. The number of hydrogen-bond donors (Lipinski definition) is 2. The molecule has 0 aromatic carbocycles. The van der Waals surface area contributed by atoms with Gasteiger partial charge in [-0.3, -0.25) is 9.59 Å². The first-order valence-electron chi connectivity index (χ1n) is 5.71. The second-order valence-corrected chi connectivity index (χ2v) is 4.06. The number of rotatable bonds is 4. The Kier molecular flexibility index (Phi) is 3.80. The van der Waals surface area contributed by atoms with Gasteiger partial charge in [0.2, 0.25) is 5.91 Å². The van der Waals surface area contributed by atoms with Gasteiger partial charge in [0.25, 0.3) is 5.91 Å². The Morgan fingerprint density at radius 3 is 2.25 bits per heavy atom. The van der Waals surface area contributed by atoms with Gasteiger partial charge in [-0.1, -0.05) is 20.8 Å². The lowest BCUT2D eigenvalue weighted by Crippen LogP contribution is -2.56. The fraction of sp³-hybridized carbons (Fsp3) is 0.727. The summed E-state index contributed by atoms with van der Waals surface area (Å²) in [5.41, 5.74) is 4.76. The van der Waals surface area contributed by atoms with Crippen LogP contribution in [0.25, 0.3) is 0 Å². The predicted molar refractivity (Wildman–Crippen MR) is 61.9 cm³/mol. The second-order valence-electron chi connectivity index (χ2n) is 4.06. The minimum atomic E-state index is -0.989. The molecule has 0 radical (unpaired) electrons. The molecule has 0 saturated heterocycles. The summed E-state index contributed by atoms with van der Waals surface area (Å²) in [5, 5.41) is 2.66. The van der Waals surface area contributed by atoms with Crippen molar-refractivity contribution in [2.24, 2.45) is 16.1 Å². The molecule has 5 nitrogen and oxygen atoms in total. The van der Waals surface area contributed by atoms with Crippen molar-refractivity contribution >= 4 is 17.6 Å². The van der Waals surface area contributed by atoms with Crippen molar-refractivity contribution in [1.29, 1.82) is 0 Å². The molecule has 1 rings (SSSR count). The van der Waals surface area contributed by atoms with E-state index >= 15 is 0 Å². The van der Waals surface area contributed by atoms with Gasteiger partial charge in [0, 0.05) is 0 Å². The summed E-state index contributed by atoms with van der Waals surface area (Å²) in [4.78, 5) is 27.8. The Morgan fingerprint density at radius 2 is 1.88 bits per heavy atom. The lowest BCUT2D eigenvalue weighted by Gasteiger charge is -2.31. The lowest BCUT2D eigenvalue weighted by molar-refractivity contribution is -0.142. The van der Waals surface area contributed by atoms with Gasteiger partial charge in [-0.15, -0.1) is 0 Å². The highest BCUT2D eigenvalue weighted by Gasteiger charge is 2.46. The molecule has 1 unspecified atom stereocenters. The first-order valence-corrected chi connectivity index (χ1v) is 5.71. The molecule has 5 heteroatoms. The third kappa shape index (κ3) is 1.87. The molecule has 1 atom stereocenters. The third-order valence-corrected chi connectivity index (χ3v) is 3.31. The molecule has 0 aromatic heterocycles. The standard InChI is InChI=1S/C11H19N3O2/c1-4-7(12)8-13-9(15)11(5-2,6-3)10(16)14-8/h7H,4-6,12H2,1-3H3,(H,13,14,15,16). The van der Waals surface area contributed by atoms with Crippen LogP contribution in [0.5, 0.6) is 0 Å². The lowest BCUT2D eigenvalue weighted by atomic mass is 9.79. The molecule has 1 aliphatic heterocycles. The summed E-state index contributed by atoms with van der Waals surface area (Å²) in [5.74, 6) is -0.327. The van der Waals surface area contributed by atoms with Crippen LogP contribution in [0, 0.1) is 5.41 Å². The maximum absolute atomic E-state index is 12.0. The Hall–Kier alpha value is -1.23. The van der Waals surface area contributed by atoms with Gasteiger partial charge < -0.3 is 11.1 Å². The molecule has 0 saturated carbocycles. The van der Waals surface area contributed by atoms with Gasteiger partial charge >= 0.3 is 0 Å². The zero-order valence-corrected chi connectivity index (χ0v) is 10.0. The SMILES string of the molecule is CCC(N)C1=NC(=O)C(CC)(CC)C(=O)N1. The van der Waals surface area contributed by atoms with Gasteiger partial charge in [-0.05, 0) is 19.3 Å². The summed E-state index contributed by atoms with van der Waals surface area (Å²) in [6.07, 6.45) is 1.57. The molecular weight excluding hydrogens is 206 g/mol. The van der Waals surface area contributed by atoms with Crippen LogP contribution in [0.2, 0.25) is 0 Å². The summed E-state index contributed by atoms with van der Waals surface area (Å²) >= 11 is 0. The molecule has 1 aliphatic rings. The van der Waals surface area contributed by atoms with E-state index in [2.05, 4.69) is 10.3 Å². The monoisotopic (exact) mass is 225 g/mol. The summed E-state index contributed by atoms with van der Waals surface area (Å²) < 4.78 is 0. The fourth-order valence-corrected chi connectivity index (χ4v) is 1.82. The molecule has 1 heterocycles. The maximum atomic E-state index is 12.0. The highest BCUT2D eigenvalue weighted by atomic mass is 16.2. The van der Waals surface area contributed by atoms with Gasteiger partial charge in [-0.25, -0.2) is 0 Å². The van der Waals surface area contributed by atoms with Gasteiger partial charge in [0.05, 0.1) is 6.04 Å². The number of carbonyl (C=O) groups excluding carboxylic acids is 2. The summed E-state index contributed by atoms with van der Waals surface area (Å²) in [7, 11) is 0. The van der Waals surface area contributed by atoms with Crippen LogP contribution < -0.4 is 11.1 Å². The molecule has 0 aliphatic carbocycles. The Labute approximate surface area is 95.5 Å². The molecule has 90 valence electrons. The summed E-state index contributed by atoms with van der Waals surface area (Å²) in [6.45, 7) is 5.52. The number of amidine groups is 1. The number of aliphatic imine (C=N–C) groups is 1. The van der Waals surface area contributed by atoms with Crippen LogP contribution in [0.4, 0.5) is 0 Å². The van der Waals surface area contributed by atoms with Crippen molar-refractivity contribution in [3.8, 4) is 0 Å². The van der Waals surface area contributed by atoms with Gasteiger partial charge in [0.1, 0.15) is 11.3 Å². The number of nitrogens with zero attached hydrogens (tertiary/aromatic N) is 1. The van der Waals surface area contributed by atoms with Crippen LogP contribution in [-0.4, -0.2) is 23.7 Å². The quantitative estimate of drug-likeness (QED) is 0.686. The van der Waals surface area contributed by atoms with Gasteiger partial charge in [0.15, 0.2) is 0 Å². The van der Waals surface area contributed by atoms with E-state index in [1.165, 1.54) is 0 Å². The average Bonchev–Trinajstić information content (AvgIpc) is 2.28. The molecular formula is C11H19N3O2. The zero-order chi connectivity index (χ0) is 12.3. The van der Waals surface area contributed by atoms with E-state index in [4.69, 9.17) is 5.73 Å². The van der Waals surface area contributed by atoms with Crippen LogP contribution >= 0.6 is 0 Å². The van der Waals surface area contributed by atoms with Crippen LogP contribution in [0.3, 0.4) is 0 Å². The molecule has 3 N–H and O–H groups in total. The zero-order valence-electron chi connectivity index (χ0n) is 10.0. The summed E-state index contributed by atoms with van der Waals surface area (Å²) in [6, 6.07) is -0.375. The first-order chi connectivity index (χ1) is 7.51. The van der Waals surface area contributed by atoms with Gasteiger partial charge in [-0.2, -0.15) is 4.99 Å².